The molecule has 0 bridgehead atoms. The summed E-state index contributed by atoms with van der Waals surface area (Å²) in [7, 11) is 0. The van der Waals surface area contributed by atoms with Crippen LogP contribution in [0, 0.1) is 6.92 Å². The SMILES string of the molecule is CCn1nc(C(=O)N=c2sc3cc4c(cc3n2CCSC)OCO4)cc1C. The average molecular weight is 405 g/mol. The van der Waals surface area contributed by atoms with E-state index in [-0.39, 0.29) is 12.7 Å². The molecule has 0 radical (unpaired) electrons. The number of thiazole rings is 1. The third kappa shape index (κ3) is 3.37. The standard InChI is InChI=1S/C18H20N4O3S2/c1-4-22-11(2)7-12(20-22)17(23)19-18-21(5-6-26-3)13-8-14-15(25-10-24-14)9-16(13)27-18/h7-9H,4-6,10H2,1-3H3. The predicted octanol–water partition coefficient (Wildman–Crippen LogP) is 3.06. The quantitative estimate of drug-likeness (QED) is 0.654. The first-order chi connectivity index (χ1) is 13.1. The monoisotopic (exact) mass is 404 g/mol. The van der Waals surface area contributed by atoms with Gasteiger partial charge in [0.25, 0.3) is 5.91 Å². The van der Waals surface area contributed by atoms with E-state index in [0.717, 1.165) is 46.3 Å². The van der Waals surface area contributed by atoms with Gasteiger partial charge in [0.05, 0.1) is 10.2 Å². The van der Waals surface area contributed by atoms with Crippen LogP contribution >= 0.6 is 23.1 Å². The topological polar surface area (TPSA) is 70.6 Å². The maximum Gasteiger partial charge on any atom is 0.300 e. The highest BCUT2D eigenvalue weighted by atomic mass is 32.2. The first kappa shape index (κ1) is 18.1. The molecule has 1 aromatic carbocycles. The van der Waals surface area contributed by atoms with Crippen LogP contribution in [-0.2, 0) is 13.1 Å². The van der Waals surface area contributed by atoms with Gasteiger partial charge in [0.2, 0.25) is 6.79 Å². The fraction of sp³-hybridized carbons (Fsp3) is 0.389. The van der Waals surface area contributed by atoms with Gasteiger partial charge in [-0.05, 0) is 26.2 Å². The van der Waals surface area contributed by atoms with Crippen LogP contribution < -0.4 is 14.3 Å². The molecule has 3 heterocycles. The predicted molar refractivity (Wildman–Crippen MR) is 107 cm³/mol. The Bertz CT molecular complexity index is 1080. The number of rotatable bonds is 5. The second kappa shape index (κ2) is 7.40. The van der Waals surface area contributed by atoms with Crippen LogP contribution in [-0.4, -0.2) is 39.1 Å². The zero-order valence-electron chi connectivity index (χ0n) is 15.4. The second-order valence-electron chi connectivity index (χ2n) is 6.11. The van der Waals surface area contributed by atoms with E-state index in [1.165, 1.54) is 11.3 Å². The number of carbonyl (C=O) groups is 1. The number of ether oxygens (including phenoxy) is 2. The number of thioether (sulfide) groups is 1. The molecule has 0 spiro atoms. The van der Waals surface area contributed by atoms with Gasteiger partial charge < -0.3 is 14.0 Å². The Labute approximate surface area is 164 Å². The highest BCUT2D eigenvalue weighted by Gasteiger charge is 2.18. The third-order valence-electron chi connectivity index (χ3n) is 4.39. The number of benzene rings is 1. The third-order valence-corrected chi connectivity index (χ3v) is 6.03. The molecule has 7 nitrogen and oxygen atoms in total. The molecule has 1 aliphatic heterocycles. The average Bonchev–Trinajstić information content (AvgIpc) is 3.34. The number of amides is 1. The van der Waals surface area contributed by atoms with Crippen LogP contribution in [0.5, 0.6) is 11.5 Å². The Kier molecular flexibility index (Phi) is 4.96. The number of aryl methyl sites for hydroxylation is 3. The Morgan fingerprint density at radius 2 is 2.11 bits per heavy atom. The Morgan fingerprint density at radius 3 is 2.81 bits per heavy atom. The Balaban J connectivity index is 1.81. The summed E-state index contributed by atoms with van der Waals surface area (Å²) in [5, 5.41) is 4.35. The molecule has 3 aromatic rings. The van der Waals surface area contributed by atoms with E-state index < -0.39 is 0 Å². The van der Waals surface area contributed by atoms with Gasteiger partial charge in [0.1, 0.15) is 0 Å². The summed E-state index contributed by atoms with van der Waals surface area (Å²) >= 11 is 3.23. The highest BCUT2D eigenvalue weighted by molar-refractivity contribution is 7.98. The summed E-state index contributed by atoms with van der Waals surface area (Å²) in [4.78, 5) is 17.7. The van der Waals surface area contributed by atoms with E-state index in [9.17, 15) is 4.79 Å². The van der Waals surface area contributed by atoms with Gasteiger partial charge in [-0.3, -0.25) is 9.48 Å². The van der Waals surface area contributed by atoms with Gasteiger partial charge >= 0.3 is 0 Å². The zero-order valence-corrected chi connectivity index (χ0v) is 17.0. The fourth-order valence-corrected chi connectivity index (χ4v) is 4.45. The molecule has 4 rings (SSSR count). The van der Waals surface area contributed by atoms with Crippen LogP contribution in [0.1, 0.15) is 23.1 Å². The van der Waals surface area contributed by atoms with E-state index in [1.54, 1.807) is 22.5 Å². The number of fused-ring (bicyclic) bond motifs is 2. The normalized spacial score (nSPS) is 13.7. The molecule has 0 atom stereocenters. The van der Waals surface area contributed by atoms with Crippen LogP contribution in [0.4, 0.5) is 0 Å². The minimum absolute atomic E-state index is 0.243. The minimum Gasteiger partial charge on any atom is -0.454 e. The summed E-state index contributed by atoms with van der Waals surface area (Å²) in [5.74, 6) is 2.06. The van der Waals surface area contributed by atoms with Gasteiger partial charge in [-0.25, -0.2) is 0 Å². The van der Waals surface area contributed by atoms with Crippen molar-refractivity contribution in [1.82, 2.24) is 14.3 Å². The van der Waals surface area contributed by atoms with Crippen molar-refractivity contribution in [2.45, 2.75) is 26.9 Å². The number of aromatic nitrogens is 3. The summed E-state index contributed by atoms with van der Waals surface area (Å²) in [6.45, 7) is 5.66. The summed E-state index contributed by atoms with van der Waals surface area (Å²) in [6, 6.07) is 5.70. The van der Waals surface area contributed by atoms with E-state index in [0.29, 0.717) is 10.5 Å². The summed E-state index contributed by atoms with van der Waals surface area (Å²) in [6.07, 6.45) is 2.06. The van der Waals surface area contributed by atoms with Crippen LogP contribution in [0.3, 0.4) is 0 Å². The lowest BCUT2D eigenvalue weighted by Crippen LogP contribution is -2.18. The van der Waals surface area contributed by atoms with E-state index in [4.69, 9.17) is 9.47 Å². The smallest absolute Gasteiger partial charge is 0.300 e. The summed E-state index contributed by atoms with van der Waals surface area (Å²) < 4.78 is 15.9. The van der Waals surface area contributed by atoms with Gasteiger partial charge in [0, 0.05) is 36.7 Å². The molecule has 0 fully saturated rings. The molecule has 0 unspecified atom stereocenters. The molecule has 27 heavy (non-hydrogen) atoms. The van der Waals surface area contributed by atoms with Crippen molar-refractivity contribution in [3.8, 4) is 11.5 Å². The lowest BCUT2D eigenvalue weighted by molar-refractivity contribution is 0.0992. The first-order valence-electron chi connectivity index (χ1n) is 8.66. The van der Waals surface area contributed by atoms with Gasteiger partial charge in [0.15, 0.2) is 22.0 Å². The molecule has 0 saturated carbocycles. The molecule has 1 aliphatic rings. The number of carbonyl (C=O) groups excluding carboxylic acids is 1. The number of nitrogens with zero attached hydrogens (tertiary/aromatic N) is 4. The molecule has 1 amide bonds. The van der Waals surface area contributed by atoms with Crippen molar-refractivity contribution >= 4 is 39.2 Å². The van der Waals surface area contributed by atoms with Crippen molar-refractivity contribution in [3.63, 3.8) is 0 Å². The minimum atomic E-state index is -0.324. The van der Waals surface area contributed by atoms with Crippen LogP contribution in [0.15, 0.2) is 23.2 Å². The van der Waals surface area contributed by atoms with Crippen molar-refractivity contribution < 1.29 is 14.3 Å². The Morgan fingerprint density at radius 1 is 1.33 bits per heavy atom. The maximum absolute atomic E-state index is 12.7. The van der Waals surface area contributed by atoms with Crippen LogP contribution in [0.25, 0.3) is 10.2 Å². The second-order valence-corrected chi connectivity index (χ2v) is 8.10. The number of hydrogen-bond acceptors (Lipinski definition) is 6. The molecule has 0 saturated heterocycles. The molecular formula is C18H20N4O3S2. The first-order valence-corrected chi connectivity index (χ1v) is 10.9. The van der Waals surface area contributed by atoms with Gasteiger partial charge in [-0.1, -0.05) is 11.3 Å². The van der Waals surface area contributed by atoms with Crippen LogP contribution in [0.2, 0.25) is 0 Å². The fourth-order valence-electron chi connectivity index (χ4n) is 3.02. The molecule has 0 N–H and O–H groups in total. The molecular weight excluding hydrogens is 384 g/mol. The molecule has 9 heteroatoms. The Hall–Kier alpha value is -2.26. The zero-order chi connectivity index (χ0) is 19.0. The van der Waals surface area contributed by atoms with Gasteiger partial charge in [-0.15, -0.1) is 0 Å². The van der Waals surface area contributed by atoms with Crippen molar-refractivity contribution in [2.24, 2.45) is 4.99 Å². The lowest BCUT2D eigenvalue weighted by atomic mass is 10.3. The van der Waals surface area contributed by atoms with E-state index in [2.05, 4.69) is 20.9 Å². The highest BCUT2D eigenvalue weighted by Crippen LogP contribution is 2.37. The summed E-state index contributed by atoms with van der Waals surface area (Å²) in [5.41, 5.74) is 2.32. The molecule has 0 aliphatic carbocycles. The lowest BCUT2D eigenvalue weighted by Gasteiger charge is -2.04. The van der Waals surface area contributed by atoms with Crippen molar-refractivity contribution in [1.29, 1.82) is 0 Å². The van der Waals surface area contributed by atoms with E-state index in [1.807, 2.05) is 26.0 Å². The van der Waals surface area contributed by atoms with Gasteiger partial charge in [-0.2, -0.15) is 21.9 Å². The maximum atomic E-state index is 12.7. The molecule has 142 valence electrons. The van der Waals surface area contributed by atoms with E-state index >= 15 is 0 Å². The molecule has 2 aromatic heterocycles. The number of hydrogen-bond donors (Lipinski definition) is 0. The van der Waals surface area contributed by atoms with Crippen molar-refractivity contribution in [3.05, 3.63) is 34.4 Å². The largest absolute Gasteiger partial charge is 0.454 e. The van der Waals surface area contributed by atoms with Crippen molar-refractivity contribution in [2.75, 3.05) is 18.8 Å².